The first-order valence-corrected chi connectivity index (χ1v) is 4.68. The fourth-order valence-corrected chi connectivity index (χ4v) is 1.42. The van der Waals surface area contributed by atoms with Crippen LogP contribution >= 0.6 is 11.8 Å². The van der Waals surface area contributed by atoms with Gasteiger partial charge in [-0.15, -0.1) is 0 Å². The molecule has 0 heterocycles. The van der Waals surface area contributed by atoms with Gasteiger partial charge < -0.3 is 14.8 Å². The molecule has 1 unspecified atom stereocenters. The summed E-state index contributed by atoms with van der Waals surface area (Å²) in [5.74, 6) is 0.674. The maximum Gasteiger partial charge on any atom is 0.323 e. The molecular weight excluding hydrogens is 178 g/mol. The van der Waals surface area contributed by atoms with Crippen molar-refractivity contribution in [3.63, 3.8) is 0 Å². The molecule has 0 aliphatic heterocycles. The van der Waals surface area contributed by atoms with Crippen LogP contribution in [0.3, 0.4) is 0 Å². The van der Waals surface area contributed by atoms with Crippen molar-refractivity contribution in [1.29, 1.82) is 0 Å². The molecule has 1 N–H and O–H groups in total. The lowest BCUT2D eigenvalue weighted by molar-refractivity contribution is -0.142. The van der Waals surface area contributed by atoms with Crippen molar-refractivity contribution in [1.82, 2.24) is 5.32 Å². The number of carbonyl (C=O) groups is 2. The minimum Gasteiger partial charge on any atom is -0.468 e. The summed E-state index contributed by atoms with van der Waals surface area (Å²) in [5.41, 5.74) is 0. The van der Waals surface area contributed by atoms with Crippen molar-refractivity contribution in [2.75, 3.05) is 25.7 Å². The zero-order chi connectivity index (χ0) is 9.40. The number of aldehydes is 1. The van der Waals surface area contributed by atoms with Crippen LogP contribution in [0.15, 0.2) is 0 Å². The molecule has 0 aliphatic carbocycles. The maximum absolute atomic E-state index is 11.0. The monoisotopic (exact) mass is 191 g/mol. The third-order valence-corrected chi connectivity index (χ3v) is 2.25. The van der Waals surface area contributed by atoms with Crippen molar-refractivity contribution < 1.29 is 14.3 Å². The molecule has 0 aromatic rings. The second-order valence-electron chi connectivity index (χ2n) is 2.07. The van der Waals surface area contributed by atoms with Gasteiger partial charge in [0.05, 0.1) is 7.11 Å². The zero-order valence-corrected chi connectivity index (χ0v) is 8.02. The summed E-state index contributed by atoms with van der Waals surface area (Å²) in [4.78, 5) is 20.9. The van der Waals surface area contributed by atoms with Crippen LogP contribution in [0.5, 0.6) is 0 Å². The Labute approximate surface area is 76.0 Å². The number of nitrogens with one attached hydrogen (secondary N) is 1. The van der Waals surface area contributed by atoms with Gasteiger partial charge in [0.15, 0.2) is 0 Å². The predicted molar refractivity (Wildman–Crippen MR) is 48.3 cm³/mol. The lowest BCUT2D eigenvalue weighted by Gasteiger charge is -2.11. The molecule has 5 heteroatoms. The van der Waals surface area contributed by atoms with Crippen LogP contribution in [-0.2, 0) is 14.3 Å². The summed E-state index contributed by atoms with van der Waals surface area (Å²) in [6.45, 7) is 0. The van der Waals surface area contributed by atoms with E-state index < -0.39 is 0 Å². The number of likely N-dealkylation sites (N-methyl/N-ethyl adjacent to an activating group) is 1. The molecule has 70 valence electrons. The fourth-order valence-electron chi connectivity index (χ4n) is 0.645. The summed E-state index contributed by atoms with van der Waals surface area (Å²) in [6.07, 6.45) is 0.814. The molecule has 0 bridgehead atoms. The minimum absolute atomic E-state index is 0.295. The summed E-state index contributed by atoms with van der Waals surface area (Å²) in [6, 6.07) is -0.319. The molecule has 0 spiro atoms. The SMILES string of the molecule is CNC(CSCC=O)C(=O)OC. The highest BCUT2D eigenvalue weighted by Gasteiger charge is 2.15. The summed E-state index contributed by atoms with van der Waals surface area (Å²) in [5, 5.41) is 2.80. The number of hydrogen-bond donors (Lipinski definition) is 1. The quantitative estimate of drug-likeness (QED) is 0.354. The van der Waals surface area contributed by atoms with E-state index in [1.54, 1.807) is 7.05 Å². The Morgan fingerprint density at radius 2 is 2.42 bits per heavy atom. The Kier molecular flexibility index (Phi) is 6.79. The van der Waals surface area contributed by atoms with E-state index in [4.69, 9.17) is 0 Å². The smallest absolute Gasteiger partial charge is 0.323 e. The van der Waals surface area contributed by atoms with Crippen molar-refractivity contribution in [2.45, 2.75) is 6.04 Å². The second-order valence-corrected chi connectivity index (χ2v) is 3.14. The Balaban J connectivity index is 3.66. The van der Waals surface area contributed by atoms with Crippen LogP contribution < -0.4 is 5.32 Å². The van der Waals surface area contributed by atoms with Gasteiger partial charge in [-0.1, -0.05) is 0 Å². The molecule has 12 heavy (non-hydrogen) atoms. The maximum atomic E-state index is 11.0. The summed E-state index contributed by atoms with van der Waals surface area (Å²) < 4.78 is 4.53. The van der Waals surface area contributed by atoms with Crippen LogP contribution in [0.4, 0.5) is 0 Å². The number of thioether (sulfide) groups is 1. The third-order valence-electron chi connectivity index (χ3n) is 1.30. The van der Waals surface area contributed by atoms with Crippen molar-refractivity contribution >= 4 is 24.0 Å². The first-order valence-electron chi connectivity index (χ1n) is 3.52. The van der Waals surface area contributed by atoms with Gasteiger partial charge in [0.1, 0.15) is 12.3 Å². The zero-order valence-electron chi connectivity index (χ0n) is 7.20. The molecule has 0 radical (unpaired) electrons. The molecule has 1 atom stereocenters. The Morgan fingerprint density at radius 3 is 2.83 bits per heavy atom. The van der Waals surface area contributed by atoms with Gasteiger partial charge in [-0.3, -0.25) is 4.79 Å². The summed E-state index contributed by atoms with van der Waals surface area (Å²) in [7, 11) is 3.03. The van der Waals surface area contributed by atoms with Gasteiger partial charge in [0.2, 0.25) is 0 Å². The molecule has 0 rings (SSSR count). The van der Waals surface area contributed by atoms with E-state index in [-0.39, 0.29) is 12.0 Å². The van der Waals surface area contributed by atoms with E-state index in [1.807, 2.05) is 0 Å². The van der Waals surface area contributed by atoms with Crippen LogP contribution in [0.25, 0.3) is 0 Å². The van der Waals surface area contributed by atoms with E-state index in [2.05, 4.69) is 10.1 Å². The van der Waals surface area contributed by atoms with Gasteiger partial charge in [0, 0.05) is 11.5 Å². The van der Waals surface area contributed by atoms with Crippen LogP contribution in [0, 0.1) is 0 Å². The molecule has 0 saturated heterocycles. The van der Waals surface area contributed by atoms with Gasteiger partial charge in [0.25, 0.3) is 0 Å². The van der Waals surface area contributed by atoms with Crippen LogP contribution in [0.1, 0.15) is 0 Å². The standard InChI is InChI=1S/C7H13NO3S/c1-8-6(7(10)11-2)5-12-4-3-9/h3,6,8H,4-5H2,1-2H3. The second kappa shape index (κ2) is 7.12. The molecule has 0 amide bonds. The average Bonchev–Trinajstić information content (AvgIpc) is 2.11. The Bertz CT molecular complexity index is 152. The third kappa shape index (κ3) is 4.35. The van der Waals surface area contributed by atoms with Gasteiger partial charge in [-0.2, -0.15) is 11.8 Å². The van der Waals surface area contributed by atoms with Crippen molar-refractivity contribution in [3.05, 3.63) is 0 Å². The summed E-state index contributed by atoms with van der Waals surface area (Å²) >= 11 is 1.40. The van der Waals surface area contributed by atoms with Gasteiger partial charge in [-0.05, 0) is 7.05 Å². The van der Waals surface area contributed by atoms with Crippen molar-refractivity contribution in [2.24, 2.45) is 0 Å². The number of carbonyl (C=O) groups excluding carboxylic acids is 2. The van der Waals surface area contributed by atoms with E-state index >= 15 is 0 Å². The topological polar surface area (TPSA) is 55.4 Å². The van der Waals surface area contributed by atoms with Gasteiger partial charge >= 0.3 is 5.97 Å². The highest BCUT2D eigenvalue weighted by atomic mass is 32.2. The minimum atomic E-state index is -0.319. The molecule has 0 aromatic carbocycles. The van der Waals surface area contributed by atoms with Crippen LogP contribution in [0.2, 0.25) is 0 Å². The van der Waals surface area contributed by atoms with E-state index in [9.17, 15) is 9.59 Å². The number of rotatable bonds is 6. The molecule has 4 nitrogen and oxygen atoms in total. The Hall–Kier alpha value is -0.550. The predicted octanol–water partition coefficient (Wildman–Crippen LogP) is -0.321. The highest BCUT2D eigenvalue weighted by Crippen LogP contribution is 2.01. The molecule has 0 saturated carbocycles. The number of esters is 1. The van der Waals surface area contributed by atoms with E-state index in [0.29, 0.717) is 11.5 Å². The van der Waals surface area contributed by atoms with E-state index in [1.165, 1.54) is 18.9 Å². The molecule has 0 fully saturated rings. The first kappa shape index (κ1) is 11.4. The lowest BCUT2D eigenvalue weighted by Crippen LogP contribution is -2.37. The fraction of sp³-hybridized carbons (Fsp3) is 0.714. The number of methoxy groups -OCH3 is 1. The average molecular weight is 191 g/mol. The highest BCUT2D eigenvalue weighted by molar-refractivity contribution is 7.99. The van der Waals surface area contributed by atoms with Crippen molar-refractivity contribution in [3.8, 4) is 0 Å². The van der Waals surface area contributed by atoms with E-state index in [0.717, 1.165) is 6.29 Å². The normalized spacial score (nSPS) is 12.2. The largest absolute Gasteiger partial charge is 0.468 e. The number of hydrogen-bond acceptors (Lipinski definition) is 5. The first-order chi connectivity index (χ1) is 5.76. The molecule has 0 aromatic heterocycles. The Morgan fingerprint density at radius 1 is 1.75 bits per heavy atom. The number of ether oxygens (including phenoxy) is 1. The van der Waals surface area contributed by atoms with Gasteiger partial charge in [-0.25, -0.2) is 0 Å². The molecule has 0 aliphatic rings. The molecular formula is C7H13NO3S. The lowest BCUT2D eigenvalue weighted by atomic mass is 10.3. The van der Waals surface area contributed by atoms with Crippen LogP contribution in [-0.4, -0.2) is 44.0 Å².